The van der Waals surface area contributed by atoms with Crippen LogP contribution in [0.15, 0.2) is 85.2 Å². The number of halogens is 1. The van der Waals surface area contributed by atoms with Crippen LogP contribution >= 0.6 is 0 Å². The van der Waals surface area contributed by atoms with E-state index in [-0.39, 0.29) is 5.69 Å². The number of pyridine rings is 1. The number of nitrogens with zero attached hydrogens (tertiary/aromatic N) is 5. The van der Waals surface area contributed by atoms with Crippen LogP contribution in [0, 0.1) is 5.82 Å². The fraction of sp³-hybridized carbons (Fsp3) is 0. The van der Waals surface area contributed by atoms with Gasteiger partial charge in [-0.15, -0.1) is 10.2 Å². The number of carbonyl (C=O) groups is 1. The molecule has 0 unspecified atom stereocenters. The fourth-order valence-electron chi connectivity index (χ4n) is 3.22. The molecule has 2 amide bonds. The van der Waals surface area contributed by atoms with Crippen molar-refractivity contribution < 1.29 is 9.18 Å². The molecular formula is C23H16FN7O. The Labute approximate surface area is 181 Å². The minimum absolute atomic E-state index is 0.101. The van der Waals surface area contributed by atoms with E-state index in [1.165, 1.54) is 12.1 Å². The molecule has 0 fully saturated rings. The van der Waals surface area contributed by atoms with E-state index in [4.69, 9.17) is 0 Å². The quantitative estimate of drug-likeness (QED) is 0.437. The molecule has 0 aliphatic heterocycles. The van der Waals surface area contributed by atoms with Crippen LogP contribution in [0.1, 0.15) is 0 Å². The molecule has 8 nitrogen and oxygen atoms in total. The molecule has 0 aliphatic carbocycles. The smallest absolute Gasteiger partial charge is 0.308 e. The molecule has 9 heteroatoms. The third kappa shape index (κ3) is 3.86. The molecule has 32 heavy (non-hydrogen) atoms. The highest BCUT2D eigenvalue weighted by Crippen LogP contribution is 2.23. The van der Waals surface area contributed by atoms with Gasteiger partial charge in [-0.2, -0.15) is 9.61 Å². The summed E-state index contributed by atoms with van der Waals surface area (Å²) in [7, 11) is 0. The van der Waals surface area contributed by atoms with Gasteiger partial charge in [0.1, 0.15) is 5.82 Å². The van der Waals surface area contributed by atoms with Crippen molar-refractivity contribution in [2.75, 3.05) is 10.6 Å². The van der Waals surface area contributed by atoms with Crippen LogP contribution in [0.25, 0.3) is 28.3 Å². The van der Waals surface area contributed by atoms with Gasteiger partial charge in [0, 0.05) is 29.2 Å². The van der Waals surface area contributed by atoms with Gasteiger partial charge in [-0.05, 0) is 48.5 Å². The lowest BCUT2D eigenvalue weighted by Gasteiger charge is -2.10. The van der Waals surface area contributed by atoms with Crippen molar-refractivity contribution in [3.05, 3.63) is 91.0 Å². The highest BCUT2D eigenvalue weighted by Gasteiger charge is 2.12. The minimum Gasteiger partial charge on any atom is -0.308 e. The maximum absolute atomic E-state index is 13.8. The van der Waals surface area contributed by atoms with Gasteiger partial charge in [-0.3, -0.25) is 4.98 Å². The second kappa shape index (κ2) is 8.23. The third-order valence-electron chi connectivity index (χ3n) is 4.72. The SMILES string of the molecule is O=C(Nc1cccc(-c2ccc3nnc(-c4cccnc4)n3n2)c1)Nc1ccccc1F. The van der Waals surface area contributed by atoms with Crippen LogP contribution in [0.2, 0.25) is 0 Å². The number of nitrogens with one attached hydrogen (secondary N) is 2. The van der Waals surface area contributed by atoms with E-state index in [0.717, 1.165) is 11.1 Å². The lowest BCUT2D eigenvalue weighted by atomic mass is 10.1. The lowest BCUT2D eigenvalue weighted by Crippen LogP contribution is -2.20. The zero-order valence-electron chi connectivity index (χ0n) is 16.6. The lowest BCUT2D eigenvalue weighted by molar-refractivity contribution is 0.262. The predicted octanol–water partition coefficient (Wildman–Crippen LogP) is 4.64. The van der Waals surface area contributed by atoms with Crippen molar-refractivity contribution >= 4 is 23.1 Å². The van der Waals surface area contributed by atoms with Crippen LogP contribution in [-0.2, 0) is 0 Å². The van der Waals surface area contributed by atoms with Crippen molar-refractivity contribution in [3.63, 3.8) is 0 Å². The number of fused-ring (bicyclic) bond motifs is 1. The Balaban J connectivity index is 1.41. The summed E-state index contributed by atoms with van der Waals surface area (Å²) in [5.74, 6) is 0.0701. The molecule has 3 aromatic heterocycles. The average Bonchev–Trinajstić information content (AvgIpc) is 3.25. The maximum atomic E-state index is 13.8. The number of hydrogen-bond donors (Lipinski definition) is 2. The second-order valence-corrected chi connectivity index (χ2v) is 6.89. The minimum atomic E-state index is -0.548. The molecule has 3 heterocycles. The Morgan fingerprint density at radius 1 is 0.875 bits per heavy atom. The molecule has 0 spiro atoms. The Hall–Kier alpha value is -4.66. The van der Waals surface area contributed by atoms with Crippen molar-refractivity contribution in [2.24, 2.45) is 0 Å². The van der Waals surface area contributed by atoms with Gasteiger partial charge in [0.15, 0.2) is 11.5 Å². The Morgan fingerprint density at radius 2 is 1.75 bits per heavy atom. The van der Waals surface area contributed by atoms with Crippen LogP contribution in [0.4, 0.5) is 20.6 Å². The number of rotatable bonds is 4. The van der Waals surface area contributed by atoms with Crippen LogP contribution < -0.4 is 10.6 Å². The summed E-state index contributed by atoms with van der Waals surface area (Å²) in [5.41, 5.74) is 3.48. The van der Waals surface area contributed by atoms with Crippen molar-refractivity contribution in [1.82, 2.24) is 24.8 Å². The molecule has 2 aromatic carbocycles. The summed E-state index contributed by atoms with van der Waals surface area (Å²) in [6, 6.07) is 20.0. The van der Waals surface area contributed by atoms with Gasteiger partial charge in [0.05, 0.1) is 11.4 Å². The zero-order chi connectivity index (χ0) is 21.9. The Kier molecular flexibility index (Phi) is 4.97. The van der Waals surface area contributed by atoms with Crippen molar-refractivity contribution in [3.8, 4) is 22.6 Å². The van der Waals surface area contributed by atoms with Crippen molar-refractivity contribution in [1.29, 1.82) is 0 Å². The number of anilines is 2. The number of carbonyl (C=O) groups excluding carboxylic acids is 1. The first-order valence-corrected chi connectivity index (χ1v) is 9.73. The number of amides is 2. The normalized spacial score (nSPS) is 10.8. The maximum Gasteiger partial charge on any atom is 0.323 e. The van der Waals surface area contributed by atoms with E-state index in [2.05, 4.69) is 30.9 Å². The number of benzene rings is 2. The van der Waals surface area contributed by atoms with Crippen LogP contribution in [0.3, 0.4) is 0 Å². The van der Waals surface area contributed by atoms with Gasteiger partial charge in [-0.1, -0.05) is 24.3 Å². The summed E-state index contributed by atoms with van der Waals surface area (Å²) >= 11 is 0. The first-order valence-electron chi connectivity index (χ1n) is 9.73. The summed E-state index contributed by atoms with van der Waals surface area (Å²) in [5, 5.41) is 18.3. The first kappa shape index (κ1) is 19.3. The summed E-state index contributed by atoms with van der Waals surface area (Å²) < 4.78 is 15.4. The predicted molar refractivity (Wildman–Crippen MR) is 118 cm³/mol. The van der Waals surface area contributed by atoms with Crippen molar-refractivity contribution in [2.45, 2.75) is 0 Å². The summed E-state index contributed by atoms with van der Waals surface area (Å²) in [6.45, 7) is 0. The van der Waals surface area contributed by atoms with Gasteiger partial charge in [-0.25, -0.2) is 9.18 Å². The monoisotopic (exact) mass is 425 g/mol. The molecule has 0 bridgehead atoms. The molecular weight excluding hydrogens is 409 g/mol. The zero-order valence-corrected chi connectivity index (χ0v) is 16.6. The summed E-state index contributed by atoms with van der Waals surface area (Å²) in [6.07, 6.45) is 3.38. The standard InChI is InChI=1S/C23H16FN7O/c24-18-8-1-2-9-20(18)27-23(32)26-17-7-3-5-15(13-17)19-10-11-21-28-29-22(31(21)30-19)16-6-4-12-25-14-16/h1-14H,(H2,26,27,32). The largest absolute Gasteiger partial charge is 0.323 e. The topological polar surface area (TPSA) is 97.1 Å². The van der Waals surface area contributed by atoms with E-state index < -0.39 is 11.8 Å². The van der Waals surface area contributed by atoms with Crippen LogP contribution in [-0.4, -0.2) is 30.8 Å². The molecule has 156 valence electrons. The molecule has 0 aliphatic rings. The molecule has 2 N–H and O–H groups in total. The van der Waals surface area contributed by atoms with E-state index in [0.29, 0.717) is 22.9 Å². The highest BCUT2D eigenvalue weighted by molar-refractivity contribution is 6.00. The first-order chi connectivity index (χ1) is 15.7. The third-order valence-corrected chi connectivity index (χ3v) is 4.72. The van der Waals surface area contributed by atoms with Gasteiger partial charge in [0.2, 0.25) is 0 Å². The van der Waals surface area contributed by atoms with Gasteiger partial charge < -0.3 is 10.6 Å². The molecule has 0 radical (unpaired) electrons. The number of aromatic nitrogens is 5. The summed E-state index contributed by atoms with van der Waals surface area (Å²) in [4.78, 5) is 16.4. The highest BCUT2D eigenvalue weighted by atomic mass is 19.1. The fourth-order valence-corrected chi connectivity index (χ4v) is 3.22. The van der Waals surface area contributed by atoms with Crippen LogP contribution in [0.5, 0.6) is 0 Å². The van der Waals surface area contributed by atoms with Gasteiger partial charge in [0.25, 0.3) is 0 Å². The van der Waals surface area contributed by atoms with E-state index in [9.17, 15) is 9.18 Å². The second-order valence-electron chi connectivity index (χ2n) is 6.89. The molecule has 5 aromatic rings. The number of para-hydroxylation sites is 1. The molecule has 0 atom stereocenters. The average molecular weight is 425 g/mol. The van der Waals surface area contributed by atoms with E-state index >= 15 is 0 Å². The van der Waals surface area contributed by atoms with Gasteiger partial charge >= 0.3 is 6.03 Å². The Bertz CT molecular complexity index is 1420. The molecule has 0 saturated heterocycles. The molecule has 5 rings (SSSR count). The Morgan fingerprint density at radius 3 is 2.59 bits per heavy atom. The van der Waals surface area contributed by atoms with E-state index in [1.54, 1.807) is 47.2 Å². The number of hydrogen-bond acceptors (Lipinski definition) is 5. The number of urea groups is 1. The molecule has 0 saturated carbocycles. The van der Waals surface area contributed by atoms with E-state index in [1.807, 2.05) is 30.3 Å².